The number of nitrogens with zero attached hydrogens (tertiary/aromatic N) is 2. The Morgan fingerprint density at radius 3 is 2.88 bits per heavy atom. The molecule has 3 heteroatoms. The first-order valence-electron chi connectivity index (χ1n) is 6.08. The lowest BCUT2D eigenvalue weighted by Crippen LogP contribution is -2.23. The molecule has 0 spiro atoms. The van der Waals surface area contributed by atoms with Crippen LogP contribution in [0.2, 0.25) is 0 Å². The highest BCUT2D eigenvalue weighted by Gasteiger charge is 2.26. The number of aromatic nitrogens is 1. The van der Waals surface area contributed by atoms with Crippen LogP contribution >= 0.6 is 0 Å². The van der Waals surface area contributed by atoms with Crippen molar-refractivity contribution >= 4 is 5.69 Å². The standard InChI is InChI=1S/C13H21N3/c1-10(2)15-9-11-8-13(6-7-14-11)16(3)12-4-5-12/h6-8,10,12,15H,4-5,9H2,1-3H3. The fourth-order valence-corrected chi connectivity index (χ4v) is 1.76. The van der Waals surface area contributed by atoms with Gasteiger partial charge in [0, 0.05) is 37.6 Å². The van der Waals surface area contributed by atoms with Crippen LogP contribution in [-0.4, -0.2) is 24.1 Å². The zero-order valence-electron chi connectivity index (χ0n) is 10.4. The Kier molecular flexibility index (Phi) is 3.44. The van der Waals surface area contributed by atoms with Crippen LogP contribution < -0.4 is 10.2 Å². The quantitative estimate of drug-likeness (QED) is 0.822. The first-order chi connectivity index (χ1) is 7.66. The van der Waals surface area contributed by atoms with Crippen LogP contribution in [0.1, 0.15) is 32.4 Å². The summed E-state index contributed by atoms with van der Waals surface area (Å²) in [5.41, 5.74) is 2.41. The van der Waals surface area contributed by atoms with Crippen molar-refractivity contribution in [3.63, 3.8) is 0 Å². The third-order valence-electron chi connectivity index (χ3n) is 2.99. The van der Waals surface area contributed by atoms with E-state index in [1.54, 1.807) is 0 Å². The van der Waals surface area contributed by atoms with Crippen LogP contribution in [0.25, 0.3) is 0 Å². The third kappa shape index (κ3) is 2.95. The SMILES string of the molecule is CC(C)NCc1cc(N(C)C2CC2)ccn1. The van der Waals surface area contributed by atoms with Crippen molar-refractivity contribution in [2.24, 2.45) is 0 Å². The number of nitrogens with one attached hydrogen (secondary N) is 1. The van der Waals surface area contributed by atoms with Gasteiger partial charge in [0.25, 0.3) is 0 Å². The second kappa shape index (κ2) is 4.83. The highest BCUT2D eigenvalue weighted by atomic mass is 15.2. The molecule has 1 heterocycles. The second-order valence-corrected chi connectivity index (χ2v) is 4.88. The molecule has 0 aliphatic heterocycles. The van der Waals surface area contributed by atoms with Crippen molar-refractivity contribution in [1.82, 2.24) is 10.3 Å². The molecule has 0 bridgehead atoms. The number of hydrogen-bond acceptors (Lipinski definition) is 3. The molecule has 16 heavy (non-hydrogen) atoms. The number of pyridine rings is 1. The molecule has 1 aromatic rings. The van der Waals surface area contributed by atoms with Gasteiger partial charge in [0.05, 0.1) is 5.69 Å². The van der Waals surface area contributed by atoms with Gasteiger partial charge in [-0.05, 0) is 25.0 Å². The van der Waals surface area contributed by atoms with Gasteiger partial charge in [-0.15, -0.1) is 0 Å². The molecule has 88 valence electrons. The van der Waals surface area contributed by atoms with Crippen molar-refractivity contribution in [3.8, 4) is 0 Å². The van der Waals surface area contributed by atoms with E-state index in [1.165, 1.54) is 18.5 Å². The second-order valence-electron chi connectivity index (χ2n) is 4.88. The Morgan fingerprint density at radius 2 is 2.25 bits per heavy atom. The molecule has 0 aromatic carbocycles. The molecule has 0 unspecified atom stereocenters. The average molecular weight is 219 g/mol. The summed E-state index contributed by atoms with van der Waals surface area (Å²) in [6, 6.07) is 5.55. The van der Waals surface area contributed by atoms with Gasteiger partial charge >= 0.3 is 0 Å². The lowest BCUT2D eigenvalue weighted by molar-refractivity contribution is 0.581. The summed E-state index contributed by atoms with van der Waals surface area (Å²) in [5, 5.41) is 3.39. The van der Waals surface area contributed by atoms with Crippen LogP contribution in [-0.2, 0) is 6.54 Å². The molecular formula is C13H21N3. The molecule has 3 nitrogen and oxygen atoms in total. The van der Waals surface area contributed by atoms with Crippen molar-refractivity contribution < 1.29 is 0 Å². The van der Waals surface area contributed by atoms with Crippen molar-refractivity contribution in [3.05, 3.63) is 24.0 Å². The minimum Gasteiger partial charge on any atom is -0.372 e. The van der Waals surface area contributed by atoms with E-state index in [4.69, 9.17) is 0 Å². The Balaban J connectivity index is 2.00. The molecule has 2 rings (SSSR count). The van der Waals surface area contributed by atoms with E-state index in [2.05, 4.69) is 48.2 Å². The summed E-state index contributed by atoms with van der Waals surface area (Å²) in [6.07, 6.45) is 4.57. The van der Waals surface area contributed by atoms with Gasteiger partial charge < -0.3 is 10.2 Å². The van der Waals surface area contributed by atoms with E-state index in [1.807, 2.05) is 6.20 Å². The lowest BCUT2D eigenvalue weighted by atomic mass is 10.2. The fourth-order valence-electron chi connectivity index (χ4n) is 1.76. The smallest absolute Gasteiger partial charge is 0.0562 e. The third-order valence-corrected chi connectivity index (χ3v) is 2.99. The monoisotopic (exact) mass is 219 g/mol. The Hall–Kier alpha value is -1.09. The van der Waals surface area contributed by atoms with Crippen LogP contribution in [0.3, 0.4) is 0 Å². The first kappa shape index (κ1) is 11.4. The summed E-state index contributed by atoms with van der Waals surface area (Å²) < 4.78 is 0. The Bertz CT molecular complexity index is 345. The lowest BCUT2D eigenvalue weighted by Gasteiger charge is -2.19. The van der Waals surface area contributed by atoms with Crippen molar-refractivity contribution in [2.45, 2.75) is 45.3 Å². The molecule has 1 aromatic heterocycles. The van der Waals surface area contributed by atoms with Crippen LogP contribution in [0, 0.1) is 0 Å². The average Bonchev–Trinajstić information content (AvgIpc) is 3.09. The fraction of sp³-hybridized carbons (Fsp3) is 0.615. The van der Waals surface area contributed by atoms with Gasteiger partial charge in [0.2, 0.25) is 0 Å². The first-order valence-corrected chi connectivity index (χ1v) is 6.08. The molecule has 0 amide bonds. The molecule has 1 aliphatic rings. The van der Waals surface area contributed by atoms with Gasteiger partial charge in [-0.25, -0.2) is 0 Å². The molecule has 0 radical (unpaired) electrons. The van der Waals surface area contributed by atoms with Gasteiger partial charge in [-0.1, -0.05) is 13.8 Å². The maximum atomic E-state index is 4.38. The number of rotatable bonds is 5. The van der Waals surface area contributed by atoms with E-state index in [0.29, 0.717) is 6.04 Å². The Morgan fingerprint density at radius 1 is 1.50 bits per heavy atom. The summed E-state index contributed by atoms with van der Waals surface area (Å²) in [4.78, 5) is 6.75. The zero-order chi connectivity index (χ0) is 11.5. The minimum atomic E-state index is 0.506. The normalized spacial score (nSPS) is 15.5. The summed E-state index contributed by atoms with van der Waals surface area (Å²) in [7, 11) is 2.17. The topological polar surface area (TPSA) is 28.2 Å². The number of hydrogen-bond donors (Lipinski definition) is 1. The molecule has 1 fully saturated rings. The van der Waals surface area contributed by atoms with E-state index < -0.39 is 0 Å². The maximum absolute atomic E-state index is 4.38. The van der Waals surface area contributed by atoms with Crippen LogP contribution in [0.15, 0.2) is 18.3 Å². The highest BCUT2D eigenvalue weighted by Crippen LogP contribution is 2.29. The van der Waals surface area contributed by atoms with E-state index >= 15 is 0 Å². The van der Waals surface area contributed by atoms with E-state index in [0.717, 1.165) is 18.3 Å². The minimum absolute atomic E-state index is 0.506. The number of anilines is 1. The van der Waals surface area contributed by atoms with Crippen LogP contribution in [0.4, 0.5) is 5.69 Å². The molecule has 0 saturated heterocycles. The largest absolute Gasteiger partial charge is 0.372 e. The summed E-state index contributed by atoms with van der Waals surface area (Å²) >= 11 is 0. The summed E-state index contributed by atoms with van der Waals surface area (Å²) in [5.74, 6) is 0. The van der Waals surface area contributed by atoms with E-state index in [9.17, 15) is 0 Å². The van der Waals surface area contributed by atoms with Gasteiger partial charge in [-0.2, -0.15) is 0 Å². The summed E-state index contributed by atoms with van der Waals surface area (Å²) in [6.45, 7) is 5.16. The van der Waals surface area contributed by atoms with Gasteiger partial charge in [-0.3, -0.25) is 4.98 Å². The molecule has 1 N–H and O–H groups in total. The van der Waals surface area contributed by atoms with E-state index in [-0.39, 0.29) is 0 Å². The predicted molar refractivity (Wildman–Crippen MR) is 67.6 cm³/mol. The molecular weight excluding hydrogens is 198 g/mol. The molecule has 1 saturated carbocycles. The van der Waals surface area contributed by atoms with Crippen LogP contribution in [0.5, 0.6) is 0 Å². The molecule has 1 aliphatic carbocycles. The predicted octanol–water partition coefficient (Wildman–Crippen LogP) is 2.18. The zero-order valence-corrected chi connectivity index (χ0v) is 10.4. The molecule has 0 atom stereocenters. The van der Waals surface area contributed by atoms with Gasteiger partial charge in [0.1, 0.15) is 0 Å². The van der Waals surface area contributed by atoms with Crippen molar-refractivity contribution in [2.75, 3.05) is 11.9 Å². The van der Waals surface area contributed by atoms with Gasteiger partial charge in [0.15, 0.2) is 0 Å². The highest BCUT2D eigenvalue weighted by molar-refractivity contribution is 5.47. The maximum Gasteiger partial charge on any atom is 0.0562 e. The van der Waals surface area contributed by atoms with Crippen molar-refractivity contribution in [1.29, 1.82) is 0 Å². The Labute approximate surface area is 97.9 Å².